The Labute approximate surface area is 117 Å². The van der Waals surface area contributed by atoms with Gasteiger partial charge in [0.25, 0.3) is 5.56 Å². The highest BCUT2D eigenvalue weighted by atomic mass is 16.1. The van der Waals surface area contributed by atoms with E-state index in [0.717, 1.165) is 22.5 Å². The molecule has 0 aliphatic heterocycles. The minimum absolute atomic E-state index is 0.0334. The molecule has 3 aromatic rings. The van der Waals surface area contributed by atoms with Gasteiger partial charge in [0, 0.05) is 16.8 Å². The van der Waals surface area contributed by atoms with Crippen LogP contribution in [0.5, 0.6) is 0 Å². The first-order valence-electron chi connectivity index (χ1n) is 6.64. The van der Waals surface area contributed by atoms with Gasteiger partial charge in [-0.25, -0.2) is 9.50 Å². The van der Waals surface area contributed by atoms with Gasteiger partial charge in [-0.3, -0.25) is 9.89 Å². The molecule has 4 heteroatoms. The largest absolute Gasteiger partial charge is 0.289 e. The van der Waals surface area contributed by atoms with Crippen LogP contribution >= 0.6 is 0 Å². The SMILES string of the molecule is Cc1ccc(-c2[nH]n3c(=O)c(C)c(C)nc3c2C)cc1. The zero-order chi connectivity index (χ0) is 14.4. The molecule has 0 saturated carbocycles. The number of aryl methyl sites for hydroxylation is 3. The van der Waals surface area contributed by atoms with Crippen LogP contribution in [0.25, 0.3) is 16.9 Å². The number of hydrogen-bond donors (Lipinski definition) is 1. The van der Waals surface area contributed by atoms with Gasteiger partial charge in [0.1, 0.15) is 0 Å². The summed E-state index contributed by atoms with van der Waals surface area (Å²) in [7, 11) is 0. The van der Waals surface area contributed by atoms with Crippen molar-refractivity contribution < 1.29 is 0 Å². The van der Waals surface area contributed by atoms with Gasteiger partial charge < -0.3 is 0 Å². The van der Waals surface area contributed by atoms with Crippen LogP contribution in [0.4, 0.5) is 0 Å². The van der Waals surface area contributed by atoms with Crippen LogP contribution in [0.15, 0.2) is 29.1 Å². The fourth-order valence-corrected chi connectivity index (χ4v) is 2.38. The number of benzene rings is 1. The highest BCUT2D eigenvalue weighted by Crippen LogP contribution is 2.24. The lowest BCUT2D eigenvalue weighted by molar-refractivity contribution is 0.876. The van der Waals surface area contributed by atoms with E-state index < -0.39 is 0 Å². The topological polar surface area (TPSA) is 50.2 Å². The summed E-state index contributed by atoms with van der Waals surface area (Å²) in [6, 6.07) is 8.23. The third kappa shape index (κ3) is 1.76. The molecule has 1 N–H and O–H groups in total. The van der Waals surface area contributed by atoms with E-state index in [0.29, 0.717) is 11.2 Å². The molecular formula is C16H17N3O. The smallest absolute Gasteiger partial charge is 0.275 e. The summed E-state index contributed by atoms with van der Waals surface area (Å²) >= 11 is 0. The fourth-order valence-electron chi connectivity index (χ4n) is 2.38. The van der Waals surface area contributed by atoms with E-state index in [9.17, 15) is 4.79 Å². The van der Waals surface area contributed by atoms with Gasteiger partial charge in [0.15, 0.2) is 5.65 Å². The van der Waals surface area contributed by atoms with Crippen molar-refractivity contribution in [3.05, 3.63) is 57.0 Å². The molecule has 20 heavy (non-hydrogen) atoms. The number of fused-ring (bicyclic) bond motifs is 1. The lowest BCUT2D eigenvalue weighted by Gasteiger charge is -1.99. The van der Waals surface area contributed by atoms with Crippen LogP contribution in [0.1, 0.15) is 22.4 Å². The highest BCUT2D eigenvalue weighted by molar-refractivity contribution is 5.70. The summed E-state index contributed by atoms with van der Waals surface area (Å²) < 4.78 is 1.53. The number of H-pyrrole nitrogens is 1. The van der Waals surface area contributed by atoms with Gasteiger partial charge in [0.2, 0.25) is 0 Å². The quantitative estimate of drug-likeness (QED) is 0.737. The molecule has 102 valence electrons. The van der Waals surface area contributed by atoms with Crippen molar-refractivity contribution in [2.45, 2.75) is 27.7 Å². The fraction of sp³-hybridized carbons (Fsp3) is 0.250. The average Bonchev–Trinajstić information content (AvgIpc) is 2.75. The van der Waals surface area contributed by atoms with Crippen molar-refractivity contribution in [3.8, 4) is 11.3 Å². The van der Waals surface area contributed by atoms with Crippen molar-refractivity contribution >= 4 is 5.65 Å². The van der Waals surface area contributed by atoms with Crippen molar-refractivity contribution in [1.29, 1.82) is 0 Å². The van der Waals surface area contributed by atoms with Gasteiger partial charge in [-0.1, -0.05) is 29.8 Å². The normalized spacial score (nSPS) is 11.2. The lowest BCUT2D eigenvalue weighted by Crippen LogP contribution is -2.19. The van der Waals surface area contributed by atoms with Crippen molar-refractivity contribution in [2.24, 2.45) is 0 Å². The molecule has 3 rings (SSSR count). The van der Waals surface area contributed by atoms with Crippen LogP contribution in [0, 0.1) is 27.7 Å². The highest BCUT2D eigenvalue weighted by Gasteiger charge is 2.14. The van der Waals surface area contributed by atoms with Crippen LogP contribution < -0.4 is 5.56 Å². The first-order valence-corrected chi connectivity index (χ1v) is 6.64. The predicted octanol–water partition coefficient (Wildman–Crippen LogP) is 2.92. The molecule has 0 spiro atoms. The number of rotatable bonds is 1. The third-order valence-corrected chi connectivity index (χ3v) is 3.83. The minimum atomic E-state index is -0.0334. The maximum Gasteiger partial charge on any atom is 0.275 e. The second kappa shape index (κ2) is 4.34. The molecule has 1 aromatic carbocycles. The Morgan fingerprint density at radius 2 is 1.65 bits per heavy atom. The van der Waals surface area contributed by atoms with Crippen molar-refractivity contribution in [3.63, 3.8) is 0 Å². The molecule has 2 aromatic heterocycles. The first-order chi connectivity index (χ1) is 9.49. The summed E-state index contributed by atoms with van der Waals surface area (Å²) in [5.41, 5.74) is 6.35. The molecular weight excluding hydrogens is 250 g/mol. The summed E-state index contributed by atoms with van der Waals surface area (Å²) in [4.78, 5) is 16.8. The van der Waals surface area contributed by atoms with E-state index in [1.54, 1.807) is 6.92 Å². The van der Waals surface area contributed by atoms with Gasteiger partial charge >= 0.3 is 0 Å². The second-order valence-corrected chi connectivity index (χ2v) is 5.26. The summed E-state index contributed by atoms with van der Waals surface area (Å²) in [5.74, 6) is 0. The van der Waals surface area contributed by atoms with Gasteiger partial charge in [-0.15, -0.1) is 0 Å². The third-order valence-electron chi connectivity index (χ3n) is 3.83. The minimum Gasteiger partial charge on any atom is -0.289 e. The zero-order valence-corrected chi connectivity index (χ0v) is 12.1. The Morgan fingerprint density at radius 1 is 1.00 bits per heavy atom. The molecule has 4 nitrogen and oxygen atoms in total. The van der Waals surface area contributed by atoms with E-state index in [2.05, 4.69) is 41.3 Å². The van der Waals surface area contributed by atoms with E-state index in [1.807, 2.05) is 13.8 Å². The molecule has 0 amide bonds. The Bertz CT molecular complexity index is 854. The maximum atomic E-state index is 12.3. The van der Waals surface area contributed by atoms with Crippen LogP contribution in [0.3, 0.4) is 0 Å². The Hall–Kier alpha value is -2.36. The van der Waals surface area contributed by atoms with Gasteiger partial charge in [-0.05, 0) is 33.3 Å². The summed E-state index contributed by atoms with van der Waals surface area (Å²) in [5, 5.41) is 3.18. The molecule has 0 unspecified atom stereocenters. The molecule has 0 aliphatic rings. The zero-order valence-electron chi connectivity index (χ0n) is 12.1. The Kier molecular flexibility index (Phi) is 2.74. The average molecular weight is 267 g/mol. The summed E-state index contributed by atoms with van der Waals surface area (Å²) in [6.45, 7) is 7.72. The van der Waals surface area contributed by atoms with E-state index in [1.165, 1.54) is 10.1 Å². The van der Waals surface area contributed by atoms with Gasteiger partial charge in [0.05, 0.1) is 5.69 Å². The van der Waals surface area contributed by atoms with E-state index in [-0.39, 0.29) is 5.56 Å². The second-order valence-electron chi connectivity index (χ2n) is 5.26. The number of aromatic nitrogens is 3. The van der Waals surface area contributed by atoms with Crippen LogP contribution in [-0.4, -0.2) is 14.6 Å². The molecule has 0 fully saturated rings. The van der Waals surface area contributed by atoms with Crippen LogP contribution in [-0.2, 0) is 0 Å². The molecule has 0 atom stereocenters. The first kappa shape index (κ1) is 12.7. The number of nitrogens with one attached hydrogen (secondary N) is 1. The number of aromatic amines is 1. The van der Waals surface area contributed by atoms with Crippen molar-refractivity contribution in [2.75, 3.05) is 0 Å². The van der Waals surface area contributed by atoms with Crippen molar-refractivity contribution in [1.82, 2.24) is 14.6 Å². The number of nitrogens with zero attached hydrogens (tertiary/aromatic N) is 2. The molecule has 0 saturated heterocycles. The Morgan fingerprint density at radius 3 is 2.30 bits per heavy atom. The predicted molar refractivity (Wildman–Crippen MR) is 80.2 cm³/mol. The lowest BCUT2D eigenvalue weighted by atomic mass is 10.1. The molecule has 2 heterocycles. The Balaban J connectivity index is 2.34. The van der Waals surface area contributed by atoms with E-state index >= 15 is 0 Å². The monoisotopic (exact) mass is 267 g/mol. The molecule has 0 aliphatic carbocycles. The number of hydrogen-bond acceptors (Lipinski definition) is 2. The molecule has 0 bridgehead atoms. The maximum absolute atomic E-state index is 12.3. The molecule has 0 radical (unpaired) electrons. The summed E-state index contributed by atoms with van der Waals surface area (Å²) in [6.07, 6.45) is 0. The van der Waals surface area contributed by atoms with Crippen LogP contribution in [0.2, 0.25) is 0 Å². The van der Waals surface area contributed by atoms with E-state index in [4.69, 9.17) is 0 Å². The standard InChI is InChI=1S/C16H17N3O/c1-9-5-7-13(8-6-9)14-11(3)15-17-12(4)10(2)16(20)19(15)18-14/h5-8,18H,1-4H3. The van der Waals surface area contributed by atoms with Gasteiger partial charge in [-0.2, -0.15) is 0 Å².